The van der Waals surface area contributed by atoms with Crippen molar-refractivity contribution in [3.8, 4) is 0 Å². The molecule has 1 saturated heterocycles. The molecule has 2 rings (SSSR count). The van der Waals surface area contributed by atoms with Crippen LogP contribution in [-0.4, -0.2) is 40.0 Å². The molecule has 0 bridgehead atoms. The highest BCUT2D eigenvalue weighted by atomic mass is 32.2. The average Bonchev–Trinajstić information content (AvgIpc) is 2.41. The van der Waals surface area contributed by atoms with Gasteiger partial charge in [0.2, 0.25) is 10.0 Å². The van der Waals surface area contributed by atoms with Crippen LogP contribution in [0.25, 0.3) is 0 Å². The van der Waals surface area contributed by atoms with Crippen LogP contribution >= 0.6 is 0 Å². The molecule has 112 valence electrons. The third-order valence-electron chi connectivity index (χ3n) is 4.07. The van der Waals surface area contributed by atoms with Crippen LogP contribution in [0.3, 0.4) is 0 Å². The Morgan fingerprint density at radius 3 is 2.55 bits per heavy atom. The molecule has 0 amide bonds. The predicted octanol–water partition coefficient (Wildman–Crippen LogP) is 2.01. The average molecular weight is 296 g/mol. The molecular weight excluding hydrogens is 272 g/mol. The van der Waals surface area contributed by atoms with Crippen LogP contribution in [0.5, 0.6) is 0 Å². The molecular formula is C15H24N2O2S. The lowest BCUT2D eigenvalue weighted by atomic mass is 9.94. The predicted molar refractivity (Wildman–Crippen MR) is 81.2 cm³/mol. The van der Waals surface area contributed by atoms with Gasteiger partial charge in [-0.2, -0.15) is 0 Å². The minimum Gasteiger partial charge on any atom is -0.306 e. The Balaban J connectivity index is 1.86. The van der Waals surface area contributed by atoms with Gasteiger partial charge in [-0.15, -0.1) is 0 Å². The summed E-state index contributed by atoms with van der Waals surface area (Å²) >= 11 is 0. The van der Waals surface area contributed by atoms with Gasteiger partial charge in [0, 0.05) is 6.54 Å². The lowest BCUT2D eigenvalue weighted by Gasteiger charge is -2.28. The van der Waals surface area contributed by atoms with Crippen molar-refractivity contribution in [2.75, 3.05) is 26.7 Å². The minimum atomic E-state index is -3.36. The van der Waals surface area contributed by atoms with Crippen molar-refractivity contribution in [2.24, 2.45) is 5.92 Å². The fraction of sp³-hybridized carbons (Fsp3) is 0.600. The van der Waals surface area contributed by atoms with Crippen molar-refractivity contribution in [3.05, 3.63) is 29.8 Å². The van der Waals surface area contributed by atoms with Crippen molar-refractivity contribution in [3.63, 3.8) is 0 Å². The second-order valence-electron chi connectivity index (χ2n) is 5.70. The summed E-state index contributed by atoms with van der Waals surface area (Å²) in [7, 11) is -1.23. The van der Waals surface area contributed by atoms with Crippen LogP contribution in [0.4, 0.5) is 0 Å². The summed E-state index contributed by atoms with van der Waals surface area (Å²) in [6, 6.07) is 7.10. The largest absolute Gasteiger partial charge is 0.306 e. The highest BCUT2D eigenvalue weighted by molar-refractivity contribution is 7.89. The first-order valence-electron chi connectivity index (χ1n) is 7.23. The quantitative estimate of drug-likeness (QED) is 0.904. The zero-order chi connectivity index (χ0) is 14.6. The molecule has 0 unspecified atom stereocenters. The molecule has 1 heterocycles. The number of aryl methyl sites for hydroxylation is 1. The summed E-state index contributed by atoms with van der Waals surface area (Å²) in [5.74, 6) is 0.644. The van der Waals surface area contributed by atoms with E-state index in [2.05, 4.69) is 16.7 Å². The van der Waals surface area contributed by atoms with Crippen LogP contribution in [0.1, 0.15) is 24.8 Å². The molecule has 20 heavy (non-hydrogen) atoms. The number of hydrogen-bond acceptors (Lipinski definition) is 3. The van der Waals surface area contributed by atoms with E-state index in [1.807, 2.05) is 19.1 Å². The van der Waals surface area contributed by atoms with Crippen molar-refractivity contribution in [1.29, 1.82) is 0 Å². The Morgan fingerprint density at radius 2 is 1.90 bits per heavy atom. The van der Waals surface area contributed by atoms with E-state index in [4.69, 9.17) is 0 Å². The maximum absolute atomic E-state index is 12.2. The molecule has 4 nitrogen and oxygen atoms in total. The highest BCUT2D eigenvalue weighted by Gasteiger charge is 2.19. The molecule has 1 aromatic rings. The molecule has 1 aromatic carbocycles. The van der Waals surface area contributed by atoms with Gasteiger partial charge in [0.05, 0.1) is 4.90 Å². The van der Waals surface area contributed by atoms with Gasteiger partial charge in [0.15, 0.2) is 0 Å². The Morgan fingerprint density at radius 1 is 1.25 bits per heavy atom. The van der Waals surface area contributed by atoms with Crippen LogP contribution < -0.4 is 4.72 Å². The van der Waals surface area contributed by atoms with E-state index in [1.165, 1.54) is 12.8 Å². The third kappa shape index (κ3) is 4.04. The molecule has 0 radical (unpaired) electrons. The van der Waals surface area contributed by atoms with Crippen molar-refractivity contribution in [1.82, 2.24) is 9.62 Å². The Labute approximate surface area is 122 Å². The number of nitrogens with zero attached hydrogens (tertiary/aromatic N) is 1. The summed E-state index contributed by atoms with van der Waals surface area (Å²) in [4.78, 5) is 2.72. The van der Waals surface area contributed by atoms with E-state index in [-0.39, 0.29) is 0 Å². The number of likely N-dealkylation sites (tertiary alicyclic amines) is 1. The maximum atomic E-state index is 12.2. The molecule has 1 aliphatic heterocycles. The summed E-state index contributed by atoms with van der Waals surface area (Å²) in [5.41, 5.74) is 0.791. The molecule has 0 atom stereocenters. The molecule has 0 saturated carbocycles. The summed E-state index contributed by atoms with van der Waals surface area (Å²) < 4.78 is 27.2. The number of nitrogens with one attached hydrogen (secondary N) is 1. The van der Waals surface area contributed by atoms with Gasteiger partial charge >= 0.3 is 0 Å². The van der Waals surface area contributed by atoms with Crippen molar-refractivity contribution >= 4 is 10.0 Å². The first-order chi connectivity index (χ1) is 9.49. The first-order valence-corrected chi connectivity index (χ1v) is 8.71. The van der Waals surface area contributed by atoms with E-state index >= 15 is 0 Å². The smallest absolute Gasteiger partial charge is 0.240 e. The van der Waals surface area contributed by atoms with Crippen molar-refractivity contribution in [2.45, 2.75) is 31.1 Å². The van der Waals surface area contributed by atoms with E-state index in [0.717, 1.165) is 25.1 Å². The zero-order valence-electron chi connectivity index (χ0n) is 12.3. The lowest BCUT2D eigenvalue weighted by molar-refractivity contribution is 0.213. The zero-order valence-corrected chi connectivity index (χ0v) is 13.1. The Hall–Kier alpha value is -0.910. The second kappa shape index (κ2) is 6.70. The highest BCUT2D eigenvalue weighted by Crippen LogP contribution is 2.19. The molecule has 5 heteroatoms. The van der Waals surface area contributed by atoms with Gasteiger partial charge in [-0.05, 0) is 63.9 Å². The van der Waals surface area contributed by atoms with Gasteiger partial charge < -0.3 is 4.90 Å². The molecule has 0 spiro atoms. The van der Waals surface area contributed by atoms with Gasteiger partial charge in [-0.3, -0.25) is 0 Å². The fourth-order valence-electron chi connectivity index (χ4n) is 2.68. The monoisotopic (exact) mass is 296 g/mol. The number of sulfonamides is 1. The number of piperidine rings is 1. The summed E-state index contributed by atoms with van der Waals surface area (Å²) in [6.45, 7) is 4.60. The van der Waals surface area contributed by atoms with Gasteiger partial charge in [-0.1, -0.05) is 18.2 Å². The van der Waals surface area contributed by atoms with E-state index in [1.54, 1.807) is 12.1 Å². The Bertz CT molecular complexity index is 535. The Kier molecular flexibility index (Phi) is 5.18. The SMILES string of the molecule is Cc1ccccc1S(=O)(=O)NCCC1CCN(C)CC1. The first kappa shape index (κ1) is 15.5. The molecule has 1 aliphatic rings. The maximum Gasteiger partial charge on any atom is 0.240 e. The van der Waals surface area contributed by atoms with E-state index in [9.17, 15) is 8.42 Å². The van der Waals surface area contributed by atoms with Gasteiger partial charge in [-0.25, -0.2) is 13.1 Å². The lowest BCUT2D eigenvalue weighted by Crippen LogP contribution is -2.32. The van der Waals surface area contributed by atoms with Crippen LogP contribution in [0, 0.1) is 12.8 Å². The topological polar surface area (TPSA) is 49.4 Å². The van der Waals surface area contributed by atoms with Crippen molar-refractivity contribution < 1.29 is 8.42 Å². The number of rotatable bonds is 5. The molecule has 1 fully saturated rings. The van der Waals surface area contributed by atoms with Crippen LogP contribution in [0.2, 0.25) is 0 Å². The minimum absolute atomic E-state index is 0.392. The summed E-state index contributed by atoms with van der Waals surface area (Å²) in [6.07, 6.45) is 3.27. The van der Waals surface area contributed by atoms with Gasteiger partial charge in [0.1, 0.15) is 0 Å². The fourth-order valence-corrected chi connectivity index (χ4v) is 3.98. The second-order valence-corrected chi connectivity index (χ2v) is 7.43. The third-order valence-corrected chi connectivity index (χ3v) is 5.69. The van der Waals surface area contributed by atoms with Crippen LogP contribution in [0.15, 0.2) is 29.2 Å². The van der Waals surface area contributed by atoms with E-state index in [0.29, 0.717) is 17.4 Å². The molecule has 1 N–H and O–H groups in total. The number of hydrogen-bond donors (Lipinski definition) is 1. The van der Waals surface area contributed by atoms with Gasteiger partial charge in [0.25, 0.3) is 0 Å². The number of benzene rings is 1. The van der Waals surface area contributed by atoms with Crippen LogP contribution in [-0.2, 0) is 10.0 Å². The normalized spacial score (nSPS) is 18.3. The summed E-state index contributed by atoms with van der Waals surface area (Å²) in [5, 5.41) is 0. The standard InChI is InChI=1S/C15H24N2O2S/c1-13-5-3-4-6-15(13)20(18,19)16-10-7-14-8-11-17(2)12-9-14/h3-6,14,16H,7-12H2,1-2H3. The van der Waals surface area contributed by atoms with E-state index < -0.39 is 10.0 Å². The molecule has 0 aliphatic carbocycles. The molecule has 0 aromatic heterocycles.